The van der Waals surface area contributed by atoms with E-state index in [0.29, 0.717) is 5.82 Å². The third-order valence-electron chi connectivity index (χ3n) is 3.05. The Kier molecular flexibility index (Phi) is 2.85. The highest BCUT2D eigenvalue weighted by Crippen LogP contribution is 2.30. The Morgan fingerprint density at radius 1 is 1.30 bits per heavy atom. The van der Waals surface area contributed by atoms with Crippen LogP contribution in [-0.4, -0.2) is 26.1 Å². The van der Waals surface area contributed by atoms with Gasteiger partial charge in [-0.25, -0.2) is 0 Å². The molecule has 0 aliphatic heterocycles. The molecule has 0 spiro atoms. The highest BCUT2D eigenvalue weighted by Gasteiger charge is 2.14. The van der Waals surface area contributed by atoms with E-state index in [0.717, 1.165) is 28.0 Å². The lowest BCUT2D eigenvalue weighted by Gasteiger charge is -2.09. The normalized spacial score (nSPS) is 11.4. The zero-order chi connectivity index (χ0) is 14.3. The Hall–Kier alpha value is -2.50. The van der Waals surface area contributed by atoms with Gasteiger partial charge in [0.2, 0.25) is 0 Å². The molecule has 1 aromatic carbocycles. The topological polar surface area (TPSA) is 81.8 Å². The number of aromatic amines is 1. The van der Waals surface area contributed by atoms with Crippen LogP contribution in [0.15, 0.2) is 24.3 Å². The molecule has 6 heteroatoms. The molecular formula is C14H17N5O. The second-order valence-electron chi connectivity index (χ2n) is 5.02. The zero-order valence-electron chi connectivity index (χ0n) is 11.7. The van der Waals surface area contributed by atoms with E-state index in [1.807, 2.05) is 43.8 Å². The fraction of sp³-hybridized carbons (Fsp3) is 0.286. The van der Waals surface area contributed by atoms with Crippen molar-refractivity contribution in [3.8, 4) is 17.1 Å². The van der Waals surface area contributed by atoms with Crippen LogP contribution in [0, 0.1) is 0 Å². The Morgan fingerprint density at radius 3 is 2.75 bits per heavy atom. The van der Waals surface area contributed by atoms with Gasteiger partial charge in [0.15, 0.2) is 0 Å². The quantitative estimate of drug-likeness (QED) is 0.766. The lowest BCUT2D eigenvalue weighted by atomic mass is 10.1. The van der Waals surface area contributed by atoms with Gasteiger partial charge in [0.05, 0.1) is 17.3 Å². The van der Waals surface area contributed by atoms with Crippen LogP contribution in [0.5, 0.6) is 5.75 Å². The minimum Gasteiger partial charge on any atom is -0.491 e. The van der Waals surface area contributed by atoms with Crippen molar-refractivity contribution in [2.24, 2.45) is 7.05 Å². The standard InChI is InChI=1S/C14H17N5O/c1-8(2)20-9-4-5-12-10(6-9)14(18-19(12)3)11-7-13(15)17-16-11/h4-8H,1-3H3,(H3,15,16,17). The molecule has 6 nitrogen and oxygen atoms in total. The molecule has 0 fully saturated rings. The maximum absolute atomic E-state index is 5.74. The number of nitrogens with zero attached hydrogens (tertiary/aromatic N) is 3. The van der Waals surface area contributed by atoms with Crippen molar-refractivity contribution in [1.29, 1.82) is 0 Å². The van der Waals surface area contributed by atoms with E-state index in [1.165, 1.54) is 0 Å². The van der Waals surface area contributed by atoms with Crippen LogP contribution in [0.25, 0.3) is 22.3 Å². The van der Waals surface area contributed by atoms with E-state index in [-0.39, 0.29) is 6.10 Å². The summed E-state index contributed by atoms with van der Waals surface area (Å²) < 4.78 is 7.57. The van der Waals surface area contributed by atoms with E-state index in [9.17, 15) is 0 Å². The van der Waals surface area contributed by atoms with Gasteiger partial charge in [-0.3, -0.25) is 9.78 Å². The highest BCUT2D eigenvalue weighted by atomic mass is 16.5. The van der Waals surface area contributed by atoms with Crippen molar-refractivity contribution in [1.82, 2.24) is 20.0 Å². The number of fused-ring (bicyclic) bond motifs is 1. The van der Waals surface area contributed by atoms with Gasteiger partial charge in [0, 0.05) is 18.5 Å². The SMILES string of the molecule is CC(C)Oc1ccc2c(c1)c(-c1cc(N)n[nH]1)nn2C. The van der Waals surface area contributed by atoms with Gasteiger partial charge in [0.25, 0.3) is 0 Å². The second kappa shape index (κ2) is 4.56. The molecule has 0 bridgehead atoms. The van der Waals surface area contributed by atoms with Gasteiger partial charge in [-0.05, 0) is 32.0 Å². The highest BCUT2D eigenvalue weighted by molar-refractivity contribution is 5.93. The molecule has 0 unspecified atom stereocenters. The maximum atomic E-state index is 5.74. The molecule has 2 heterocycles. The van der Waals surface area contributed by atoms with Crippen LogP contribution in [0.4, 0.5) is 5.82 Å². The fourth-order valence-electron chi connectivity index (χ4n) is 2.25. The lowest BCUT2D eigenvalue weighted by molar-refractivity contribution is 0.243. The van der Waals surface area contributed by atoms with Crippen molar-refractivity contribution in [3.05, 3.63) is 24.3 Å². The molecule has 20 heavy (non-hydrogen) atoms. The summed E-state index contributed by atoms with van der Waals surface area (Å²) in [6.45, 7) is 4.01. The van der Waals surface area contributed by atoms with Gasteiger partial charge in [0.1, 0.15) is 17.3 Å². The molecule has 0 saturated carbocycles. The first-order valence-electron chi connectivity index (χ1n) is 6.49. The summed E-state index contributed by atoms with van der Waals surface area (Å²) in [5.74, 6) is 1.28. The molecule has 0 saturated heterocycles. The maximum Gasteiger partial charge on any atom is 0.145 e. The molecule has 0 aliphatic rings. The summed E-state index contributed by atoms with van der Waals surface area (Å²) in [5.41, 5.74) is 8.31. The smallest absolute Gasteiger partial charge is 0.145 e. The average Bonchev–Trinajstić information content (AvgIpc) is 2.93. The van der Waals surface area contributed by atoms with Crippen molar-refractivity contribution in [2.75, 3.05) is 5.73 Å². The number of aryl methyl sites for hydroxylation is 1. The van der Waals surface area contributed by atoms with Gasteiger partial charge >= 0.3 is 0 Å². The predicted molar refractivity (Wildman–Crippen MR) is 78.5 cm³/mol. The summed E-state index contributed by atoms with van der Waals surface area (Å²) in [7, 11) is 1.91. The number of nitrogens with one attached hydrogen (secondary N) is 1. The van der Waals surface area contributed by atoms with E-state index < -0.39 is 0 Å². The number of hydrogen-bond donors (Lipinski definition) is 2. The molecule has 0 radical (unpaired) electrons. The number of hydrogen-bond acceptors (Lipinski definition) is 4. The average molecular weight is 271 g/mol. The van der Waals surface area contributed by atoms with E-state index in [2.05, 4.69) is 15.3 Å². The van der Waals surface area contributed by atoms with Gasteiger partial charge < -0.3 is 10.5 Å². The van der Waals surface area contributed by atoms with E-state index >= 15 is 0 Å². The van der Waals surface area contributed by atoms with Gasteiger partial charge in [-0.15, -0.1) is 0 Å². The summed E-state index contributed by atoms with van der Waals surface area (Å²) in [4.78, 5) is 0. The second-order valence-corrected chi connectivity index (χ2v) is 5.02. The van der Waals surface area contributed by atoms with Crippen molar-refractivity contribution in [3.63, 3.8) is 0 Å². The molecule has 3 rings (SSSR count). The zero-order valence-corrected chi connectivity index (χ0v) is 11.7. The van der Waals surface area contributed by atoms with Crippen LogP contribution in [0.2, 0.25) is 0 Å². The van der Waals surface area contributed by atoms with E-state index in [1.54, 1.807) is 6.07 Å². The first-order chi connectivity index (χ1) is 9.54. The molecule has 0 amide bonds. The Labute approximate surface area is 116 Å². The monoisotopic (exact) mass is 271 g/mol. The number of nitrogens with two attached hydrogens (primary N) is 1. The molecule has 3 aromatic rings. The van der Waals surface area contributed by atoms with Crippen LogP contribution in [-0.2, 0) is 7.05 Å². The Balaban J connectivity index is 2.16. The first kappa shape index (κ1) is 12.5. The van der Waals surface area contributed by atoms with Crippen LogP contribution < -0.4 is 10.5 Å². The predicted octanol–water partition coefficient (Wildman–Crippen LogP) is 2.33. The summed E-state index contributed by atoms with van der Waals surface area (Å²) >= 11 is 0. The minimum atomic E-state index is 0.135. The molecule has 0 aliphatic carbocycles. The number of ether oxygens (including phenoxy) is 1. The summed E-state index contributed by atoms with van der Waals surface area (Å²) in [6, 6.07) is 7.73. The number of anilines is 1. The third-order valence-corrected chi connectivity index (χ3v) is 3.05. The van der Waals surface area contributed by atoms with E-state index in [4.69, 9.17) is 10.5 Å². The first-order valence-corrected chi connectivity index (χ1v) is 6.49. The fourth-order valence-corrected chi connectivity index (χ4v) is 2.25. The largest absolute Gasteiger partial charge is 0.491 e. The van der Waals surface area contributed by atoms with Crippen LogP contribution in [0.3, 0.4) is 0 Å². The molecule has 0 atom stereocenters. The third kappa shape index (κ3) is 2.09. The summed E-state index contributed by atoms with van der Waals surface area (Å²) in [5, 5.41) is 12.4. The van der Waals surface area contributed by atoms with Crippen molar-refractivity contribution >= 4 is 16.7 Å². The number of benzene rings is 1. The van der Waals surface area contributed by atoms with Gasteiger partial charge in [-0.2, -0.15) is 10.2 Å². The number of rotatable bonds is 3. The molecule has 2 aromatic heterocycles. The Morgan fingerprint density at radius 2 is 2.10 bits per heavy atom. The number of H-pyrrole nitrogens is 1. The van der Waals surface area contributed by atoms with Crippen molar-refractivity contribution in [2.45, 2.75) is 20.0 Å². The minimum absolute atomic E-state index is 0.135. The summed E-state index contributed by atoms with van der Waals surface area (Å²) in [6.07, 6.45) is 0.135. The Bertz CT molecular complexity index is 756. The van der Waals surface area contributed by atoms with Crippen molar-refractivity contribution < 1.29 is 4.74 Å². The molecule has 104 valence electrons. The van der Waals surface area contributed by atoms with Gasteiger partial charge in [-0.1, -0.05) is 0 Å². The number of aromatic nitrogens is 4. The van der Waals surface area contributed by atoms with Crippen LogP contribution in [0.1, 0.15) is 13.8 Å². The lowest BCUT2D eigenvalue weighted by Crippen LogP contribution is -2.05. The molecular weight excluding hydrogens is 254 g/mol. The number of nitrogen functional groups attached to an aromatic ring is 1. The molecule has 3 N–H and O–H groups in total. The van der Waals surface area contributed by atoms with Crippen LogP contribution >= 0.6 is 0 Å².